The average Bonchev–Trinajstić information content (AvgIpc) is 2.91. The molecule has 40 heavy (non-hydrogen) atoms. The lowest BCUT2D eigenvalue weighted by Gasteiger charge is -2.37. The second-order valence-electron chi connectivity index (χ2n) is 10.3. The SMILES string of the molecule is O=c1ccc2c(ccc3c(-c4ccc(S(=O)(=O)O)cc4S(=O)(=O)O)c4cc5c6c(c4oc32)CCCN6CCC5)c1. The van der Waals surface area contributed by atoms with Crippen molar-refractivity contribution in [2.75, 3.05) is 18.0 Å². The Bertz CT molecular complexity index is 2200. The minimum absolute atomic E-state index is 0.0659. The highest BCUT2D eigenvalue weighted by Crippen LogP contribution is 2.47. The molecule has 4 aromatic carbocycles. The smallest absolute Gasteiger partial charge is 0.295 e. The van der Waals surface area contributed by atoms with Crippen molar-refractivity contribution in [2.45, 2.75) is 35.5 Å². The molecule has 0 amide bonds. The van der Waals surface area contributed by atoms with E-state index in [9.17, 15) is 30.7 Å². The van der Waals surface area contributed by atoms with Crippen molar-refractivity contribution in [1.82, 2.24) is 0 Å². The maximum Gasteiger partial charge on any atom is 0.295 e. The molecule has 0 fully saturated rings. The van der Waals surface area contributed by atoms with Crippen LogP contribution in [0.15, 0.2) is 73.6 Å². The molecule has 0 radical (unpaired) electrons. The minimum Gasteiger partial charge on any atom is -0.455 e. The predicted molar refractivity (Wildman–Crippen MR) is 151 cm³/mol. The molecular weight excluding hydrogens is 554 g/mol. The highest BCUT2D eigenvalue weighted by atomic mass is 32.2. The van der Waals surface area contributed by atoms with E-state index in [0.29, 0.717) is 38.3 Å². The highest BCUT2D eigenvalue weighted by molar-refractivity contribution is 7.86. The van der Waals surface area contributed by atoms with Crippen LogP contribution in [0.2, 0.25) is 0 Å². The Kier molecular flexibility index (Phi) is 5.43. The van der Waals surface area contributed by atoms with Crippen LogP contribution in [0.4, 0.5) is 5.69 Å². The Balaban J connectivity index is 1.71. The number of rotatable bonds is 3. The van der Waals surface area contributed by atoms with Crippen LogP contribution in [-0.2, 0) is 33.1 Å². The second-order valence-corrected chi connectivity index (χ2v) is 13.2. The van der Waals surface area contributed by atoms with Gasteiger partial charge in [0.05, 0.1) is 4.90 Å². The Morgan fingerprint density at radius 3 is 2.25 bits per heavy atom. The van der Waals surface area contributed by atoms with E-state index in [2.05, 4.69) is 4.90 Å². The molecule has 2 aliphatic heterocycles. The fraction of sp³-hybridized carbons (Fsp3) is 0.207. The lowest BCUT2D eigenvalue weighted by Crippen LogP contribution is -2.34. The average molecular weight is 578 g/mol. The maximum atomic E-state index is 12.7. The maximum absolute atomic E-state index is 12.7. The topological polar surface area (TPSA) is 142 Å². The van der Waals surface area contributed by atoms with Gasteiger partial charge in [-0.3, -0.25) is 13.9 Å². The lowest BCUT2D eigenvalue weighted by molar-refractivity contribution is 0.481. The first-order chi connectivity index (χ1) is 19.0. The van der Waals surface area contributed by atoms with E-state index in [0.717, 1.165) is 67.7 Å². The molecule has 2 aliphatic rings. The van der Waals surface area contributed by atoms with E-state index in [1.54, 1.807) is 18.2 Å². The molecule has 0 atom stereocenters. The zero-order chi connectivity index (χ0) is 28.0. The van der Waals surface area contributed by atoms with E-state index >= 15 is 0 Å². The number of benzene rings is 4. The monoisotopic (exact) mass is 577 g/mol. The van der Waals surface area contributed by atoms with Gasteiger partial charge in [-0.05, 0) is 79.1 Å². The third-order valence-electron chi connectivity index (χ3n) is 7.96. The number of hydrogen-bond acceptors (Lipinski definition) is 7. The van der Waals surface area contributed by atoms with E-state index in [1.807, 2.05) is 6.07 Å². The van der Waals surface area contributed by atoms with Gasteiger partial charge in [0, 0.05) is 51.6 Å². The lowest BCUT2D eigenvalue weighted by atomic mass is 9.87. The summed E-state index contributed by atoms with van der Waals surface area (Å²) in [6.07, 6.45) is 3.48. The van der Waals surface area contributed by atoms with E-state index in [1.165, 1.54) is 18.2 Å². The van der Waals surface area contributed by atoms with Crippen LogP contribution in [0.5, 0.6) is 0 Å². The summed E-state index contributed by atoms with van der Waals surface area (Å²) in [6, 6.07) is 13.2. The molecule has 11 heteroatoms. The van der Waals surface area contributed by atoms with Gasteiger partial charge in [-0.1, -0.05) is 12.1 Å². The summed E-state index contributed by atoms with van der Waals surface area (Å²) >= 11 is 0. The first-order valence-electron chi connectivity index (χ1n) is 12.8. The molecule has 1 aromatic heterocycles. The van der Waals surface area contributed by atoms with Gasteiger partial charge < -0.3 is 9.32 Å². The van der Waals surface area contributed by atoms with Gasteiger partial charge in [0.1, 0.15) is 16.1 Å². The Hall–Kier alpha value is -3.77. The molecule has 0 unspecified atom stereocenters. The van der Waals surface area contributed by atoms with E-state index < -0.39 is 30.0 Å². The number of hydrogen-bond donors (Lipinski definition) is 2. The van der Waals surface area contributed by atoms with Crippen molar-refractivity contribution in [3.8, 4) is 11.1 Å². The molecule has 204 valence electrons. The van der Waals surface area contributed by atoms with Gasteiger partial charge in [-0.15, -0.1) is 0 Å². The third-order valence-corrected chi connectivity index (χ3v) is 9.70. The Morgan fingerprint density at radius 2 is 1.50 bits per heavy atom. The summed E-state index contributed by atoms with van der Waals surface area (Å²) in [4.78, 5) is 13.1. The summed E-state index contributed by atoms with van der Waals surface area (Å²) in [5.41, 5.74) is 4.62. The molecular formula is C29H23NO8S2. The first-order valence-corrected chi connectivity index (χ1v) is 15.7. The zero-order valence-electron chi connectivity index (χ0n) is 21.0. The minimum atomic E-state index is -4.94. The van der Waals surface area contributed by atoms with Gasteiger partial charge in [0.15, 0.2) is 5.43 Å². The summed E-state index contributed by atoms with van der Waals surface area (Å²) in [5, 5.41) is 2.47. The van der Waals surface area contributed by atoms with E-state index in [-0.39, 0.29) is 11.0 Å². The quantitative estimate of drug-likeness (QED) is 0.173. The van der Waals surface area contributed by atoms with Crippen LogP contribution >= 0.6 is 0 Å². The van der Waals surface area contributed by atoms with Crippen LogP contribution < -0.4 is 10.3 Å². The first kappa shape index (κ1) is 25.2. The molecule has 3 heterocycles. The summed E-state index contributed by atoms with van der Waals surface area (Å²) in [6.45, 7) is 1.87. The van der Waals surface area contributed by atoms with Crippen molar-refractivity contribution in [3.63, 3.8) is 0 Å². The van der Waals surface area contributed by atoms with Crippen LogP contribution in [0.3, 0.4) is 0 Å². The number of nitrogens with zero attached hydrogens (tertiary/aromatic N) is 1. The van der Waals surface area contributed by atoms with Crippen molar-refractivity contribution in [1.29, 1.82) is 0 Å². The van der Waals surface area contributed by atoms with Crippen molar-refractivity contribution < 1.29 is 30.4 Å². The molecule has 0 saturated carbocycles. The normalized spacial score (nSPS) is 15.6. The van der Waals surface area contributed by atoms with Gasteiger partial charge >= 0.3 is 0 Å². The molecule has 9 nitrogen and oxygen atoms in total. The van der Waals surface area contributed by atoms with Crippen molar-refractivity contribution in [2.24, 2.45) is 0 Å². The number of anilines is 1. The number of fused-ring (bicyclic) bond motifs is 5. The van der Waals surface area contributed by atoms with Gasteiger partial charge in [-0.2, -0.15) is 16.8 Å². The van der Waals surface area contributed by atoms with Crippen LogP contribution in [0.25, 0.3) is 43.8 Å². The third kappa shape index (κ3) is 3.84. The van der Waals surface area contributed by atoms with Crippen LogP contribution in [0, 0.1) is 0 Å². The largest absolute Gasteiger partial charge is 0.455 e. The molecule has 0 aliphatic carbocycles. The molecule has 2 N–H and O–H groups in total. The molecule has 0 bridgehead atoms. The fourth-order valence-corrected chi connectivity index (χ4v) is 7.65. The van der Waals surface area contributed by atoms with E-state index in [4.69, 9.17) is 4.42 Å². The summed E-state index contributed by atoms with van der Waals surface area (Å²) in [7, 11) is -9.69. The van der Waals surface area contributed by atoms with Gasteiger partial charge in [0.25, 0.3) is 20.2 Å². The standard InChI is InChI=1S/C29H23NO8S2/c31-18-6-9-20-16(13-18)5-8-22-26(21-10-7-19(39(32,33)34)15-25(21)40(35,36)37)24-14-17-3-1-11-30-12-2-4-23(27(17)30)29(24)38-28(20)22/h5-10,13-15H,1-4,11-12H2,(H,32,33,34)(H,35,36,37). The fourth-order valence-electron chi connectivity index (χ4n) is 6.34. The van der Waals surface area contributed by atoms with Crippen molar-refractivity contribution in [3.05, 3.63) is 75.9 Å². The Labute approximate surface area is 229 Å². The zero-order valence-corrected chi connectivity index (χ0v) is 22.7. The second kappa shape index (κ2) is 8.61. The highest BCUT2D eigenvalue weighted by Gasteiger charge is 2.30. The summed E-state index contributed by atoms with van der Waals surface area (Å²) < 4.78 is 75.5. The molecule has 0 spiro atoms. The molecule has 5 aromatic rings. The van der Waals surface area contributed by atoms with Gasteiger partial charge in [-0.25, -0.2) is 0 Å². The molecule has 0 saturated heterocycles. The van der Waals surface area contributed by atoms with Crippen molar-refractivity contribution >= 4 is 58.6 Å². The Morgan fingerprint density at radius 1 is 0.750 bits per heavy atom. The van der Waals surface area contributed by atoms with Crippen LogP contribution in [-0.4, -0.2) is 39.0 Å². The van der Waals surface area contributed by atoms with Crippen LogP contribution in [0.1, 0.15) is 24.0 Å². The number of aryl methyl sites for hydroxylation is 2. The predicted octanol–water partition coefficient (Wildman–Crippen LogP) is 4.96. The molecule has 7 rings (SSSR count). The summed E-state index contributed by atoms with van der Waals surface area (Å²) in [5.74, 6) is 0. The van der Waals surface area contributed by atoms with Gasteiger partial charge in [0.2, 0.25) is 0 Å².